The highest BCUT2D eigenvalue weighted by atomic mass is 19.1. The maximum absolute atomic E-state index is 13.2. The van der Waals surface area contributed by atoms with Gasteiger partial charge in [0, 0.05) is 24.8 Å². The molecule has 1 aromatic heterocycles. The summed E-state index contributed by atoms with van der Waals surface area (Å²) in [6.45, 7) is 1.94. The van der Waals surface area contributed by atoms with E-state index in [-0.39, 0.29) is 11.7 Å². The van der Waals surface area contributed by atoms with Gasteiger partial charge in [-0.25, -0.2) is 4.39 Å². The van der Waals surface area contributed by atoms with Crippen LogP contribution >= 0.6 is 0 Å². The van der Waals surface area contributed by atoms with E-state index >= 15 is 0 Å². The van der Waals surface area contributed by atoms with E-state index in [1.165, 1.54) is 12.1 Å². The number of nitriles is 1. The lowest BCUT2D eigenvalue weighted by Gasteiger charge is -2.26. The predicted molar refractivity (Wildman–Crippen MR) is 87.6 cm³/mol. The number of carbonyl (C=O) groups is 1. The van der Waals surface area contributed by atoms with Crippen molar-refractivity contribution < 1.29 is 9.18 Å². The van der Waals surface area contributed by atoms with Gasteiger partial charge in [0.05, 0.1) is 24.6 Å². The van der Waals surface area contributed by atoms with Crippen LogP contribution in [0.2, 0.25) is 0 Å². The number of carbonyl (C=O) groups excluding carboxylic acids is 1. The predicted octanol–water partition coefficient (Wildman–Crippen LogP) is 3.23. The Bertz CT molecular complexity index is 754. The van der Waals surface area contributed by atoms with Crippen LogP contribution in [0.5, 0.6) is 0 Å². The summed E-state index contributed by atoms with van der Waals surface area (Å²) >= 11 is 0. The highest BCUT2D eigenvalue weighted by Crippen LogP contribution is 2.25. The van der Waals surface area contributed by atoms with E-state index in [4.69, 9.17) is 5.26 Å². The first-order valence-electron chi connectivity index (χ1n) is 8.18. The van der Waals surface area contributed by atoms with Gasteiger partial charge in [-0.2, -0.15) is 10.4 Å². The largest absolute Gasteiger partial charge is 0.339 e. The summed E-state index contributed by atoms with van der Waals surface area (Å²) in [5.74, 6) is -0.371. The van der Waals surface area contributed by atoms with Gasteiger partial charge in [-0.05, 0) is 43.5 Å². The number of likely N-dealkylation sites (tertiary alicyclic amines) is 1. The fourth-order valence-electron chi connectivity index (χ4n) is 2.95. The fourth-order valence-corrected chi connectivity index (χ4v) is 2.95. The number of nitrogens with zero attached hydrogens (tertiary/aromatic N) is 4. The molecule has 0 unspecified atom stereocenters. The third-order valence-corrected chi connectivity index (χ3v) is 4.21. The topological polar surface area (TPSA) is 61.9 Å². The molecule has 0 radical (unpaired) electrons. The van der Waals surface area contributed by atoms with Crippen LogP contribution in [-0.4, -0.2) is 33.7 Å². The smallest absolute Gasteiger partial charge is 0.257 e. The van der Waals surface area contributed by atoms with Gasteiger partial charge in [0.15, 0.2) is 0 Å². The lowest BCUT2D eigenvalue weighted by molar-refractivity contribution is 0.0725. The normalized spacial score (nSPS) is 14.4. The van der Waals surface area contributed by atoms with Crippen LogP contribution < -0.4 is 0 Å². The number of hydrogen-bond donors (Lipinski definition) is 0. The molecule has 1 saturated heterocycles. The van der Waals surface area contributed by atoms with Crippen molar-refractivity contribution in [2.75, 3.05) is 13.1 Å². The number of aromatic nitrogens is 2. The van der Waals surface area contributed by atoms with Crippen molar-refractivity contribution in [1.29, 1.82) is 5.26 Å². The van der Waals surface area contributed by atoms with Crippen molar-refractivity contribution in [3.05, 3.63) is 41.8 Å². The molecular weight excluding hydrogens is 307 g/mol. The maximum atomic E-state index is 13.2. The van der Waals surface area contributed by atoms with Crippen molar-refractivity contribution in [3.8, 4) is 17.3 Å². The van der Waals surface area contributed by atoms with Crippen LogP contribution in [0.1, 0.15) is 36.0 Å². The van der Waals surface area contributed by atoms with E-state index in [1.54, 1.807) is 23.0 Å². The molecule has 1 aliphatic heterocycles. The standard InChI is InChI=1S/C18H19FN4O/c19-15-7-5-14(6-8-15)17-16(13-23(21-17)12-4-9-20)18(24)22-10-2-1-3-11-22/h5-8,13H,1-4,10-12H2. The molecule has 0 atom stereocenters. The van der Waals surface area contributed by atoms with E-state index in [9.17, 15) is 9.18 Å². The molecule has 1 aliphatic rings. The Hall–Kier alpha value is -2.68. The first-order chi connectivity index (χ1) is 11.7. The molecule has 5 nitrogen and oxygen atoms in total. The van der Waals surface area contributed by atoms with Gasteiger partial charge in [-0.3, -0.25) is 9.48 Å². The number of halogens is 1. The van der Waals surface area contributed by atoms with Crippen molar-refractivity contribution in [1.82, 2.24) is 14.7 Å². The van der Waals surface area contributed by atoms with E-state index < -0.39 is 0 Å². The summed E-state index contributed by atoms with van der Waals surface area (Å²) in [5, 5.41) is 13.2. The highest BCUT2D eigenvalue weighted by Gasteiger charge is 2.24. The number of benzene rings is 1. The lowest BCUT2D eigenvalue weighted by Crippen LogP contribution is -2.35. The third kappa shape index (κ3) is 3.46. The minimum Gasteiger partial charge on any atom is -0.339 e. The SMILES string of the molecule is N#CCCn1cc(C(=O)N2CCCCC2)c(-c2ccc(F)cc2)n1. The summed E-state index contributed by atoms with van der Waals surface area (Å²) in [6, 6.07) is 8.05. The molecule has 2 aromatic rings. The Morgan fingerprint density at radius 1 is 1.21 bits per heavy atom. The van der Waals surface area contributed by atoms with Crippen molar-refractivity contribution in [2.24, 2.45) is 0 Å². The van der Waals surface area contributed by atoms with Crippen molar-refractivity contribution in [2.45, 2.75) is 32.2 Å². The molecule has 0 aliphatic carbocycles. The Balaban J connectivity index is 1.95. The average Bonchev–Trinajstić information content (AvgIpc) is 3.05. The summed E-state index contributed by atoms with van der Waals surface area (Å²) in [7, 11) is 0. The van der Waals surface area contributed by atoms with E-state index in [0.717, 1.165) is 32.4 Å². The second-order valence-corrected chi connectivity index (χ2v) is 5.92. The van der Waals surface area contributed by atoms with Gasteiger partial charge in [-0.15, -0.1) is 0 Å². The van der Waals surface area contributed by atoms with Gasteiger partial charge < -0.3 is 4.90 Å². The minimum atomic E-state index is -0.327. The summed E-state index contributed by atoms with van der Waals surface area (Å²) in [4.78, 5) is 14.7. The minimum absolute atomic E-state index is 0.0442. The van der Waals surface area contributed by atoms with Gasteiger partial charge in [0.2, 0.25) is 0 Å². The average molecular weight is 326 g/mol. The Labute approximate surface area is 140 Å². The van der Waals surface area contributed by atoms with Gasteiger partial charge in [0.1, 0.15) is 11.5 Å². The molecule has 3 rings (SSSR count). The molecule has 1 aromatic carbocycles. The molecule has 1 amide bonds. The molecule has 124 valence electrons. The quantitative estimate of drug-likeness (QED) is 0.866. The van der Waals surface area contributed by atoms with Crippen LogP contribution in [-0.2, 0) is 6.54 Å². The first kappa shape index (κ1) is 16.2. The van der Waals surface area contributed by atoms with Crippen LogP contribution in [0.15, 0.2) is 30.5 Å². The molecule has 6 heteroatoms. The lowest BCUT2D eigenvalue weighted by atomic mass is 10.1. The fraction of sp³-hybridized carbons (Fsp3) is 0.389. The number of piperidine rings is 1. The molecular formula is C18H19FN4O. The second kappa shape index (κ2) is 7.26. The molecule has 0 bridgehead atoms. The molecule has 1 fully saturated rings. The molecule has 24 heavy (non-hydrogen) atoms. The number of aryl methyl sites for hydroxylation is 1. The highest BCUT2D eigenvalue weighted by molar-refractivity contribution is 5.99. The van der Waals surface area contributed by atoms with E-state index in [1.807, 2.05) is 4.90 Å². The van der Waals surface area contributed by atoms with Crippen LogP contribution in [0, 0.1) is 17.1 Å². The zero-order valence-corrected chi connectivity index (χ0v) is 13.4. The molecule has 0 spiro atoms. The van der Waals surface area contributed by atoms with Gasteiger partial charge in [0.25, 0.3) is 5.91 Å². The molecule has 0 saturated carbocycles. The van der Waals surface area contributed by atoms with Crippen molar-refractivity contribution >= 4 is 5.91 Å². The maximum Gasteiger partial charge on any atom is 0.257 e. The van der Waals surface area contributed by atoms with Crippen LogP contribution in [0.25, 0.3) is 11.3 Å². The Morgan fingerprint density at radius 3 is 2.58 bits per heavy atom. The van der Waals surface area contributed by atoms with Crippen LogP contribution in [0.3, 0.4) is 0 Å². The molecule has 0 N–H and O–H groups in total. The summed E-state index contributed by atoms with van der Waals surface area (Å²) in [5.41, 5.74) is 1.76. The van der Waals surface area contributed by atoms with Crippen molar-refractivity contribution in [3.63, 3.8) is 0 Å². The summed E-state index contributed by atoms with van der Waals surface area (Å²) in [6.07, 6.45) is 5.20. The monoisotopic (exact) mass is 326 g/mol. The third-order valence-electron chi connectivity index (χ3n) is 4.21. The summed E-state index contributed by atoms with van der Waals surface area (Å²) < 4.78 is 14.8. The zero-order chi connectivity index (χ0) is 16.9. The first-order valence-corrected chi connectivity index (χ1v) is 8.18. The zero-order valence-electron chi connectivity index (χ0n) is 13.4. The van der Waals surface area contributed by atoms with E-state index in [0.29, 0.717) is 29.8 Å². The van der Waals surface area contributed by atoms with Gasteiger partial charge >= 0.3 is 0 Å². The number of hydrogen-bond acceptors (Lipinski definition) is 3. The van der Waals surface area contributed by atoms with Crippen LogP contribution in [0.4, 0.5) is 4.39 Å². The van der Waals surface area contributed by atoms with E-state index in [2.05, 4.69) is 11.2 Å². The Morgan fingerprint density at radius 2 is 1.92 bits per heavy atom. The molecule has 2 heterocycles. The number of rotatable bonds is 4. The number of amides is 1. The Kier molecular flexibility index (Phi) is 4.90. The van der Waals surface area contributed by atoms with Gasteiger partial charge in [-0.1, -0.05) is 0 Å². The second-order valence-electron chi connectivity index (χ2n) is 5.92.